The van der Waals surface area contributed by atoms with E-state index in [1.165, 1.54) is 19.2 Å². The zero-order valence-corrected chi connectivity index (χ0v) is 13.7. The average molecular weight is 398 g/mol. The summed E-state index contributed by atoms with van der Waals surface area (Å²) in [5.41, 5.74) is -2.48. The zero-order chi connectivity index (χ0) is 20.6. The lowest BCUT2D eigenvalue weighted by Crippen LogP contribution is -2.62. The lowest BCUT2D eigenvalue weighted by Gasteiger charge is -2.38. The van der Waals surface area contributed by atoms with Crippen LogP contribution in [0.4, 0.5) is 39.5 Å². The third-order valence-corrected chi connectivity index (χ3v) is 3.90. The van der Waals surface area contributed by atoms with Gasteiger partial charge in [-0.2, -0.15) is 39.5 Å². The van der Waals surface area contributed by atoms with Crippen LogP contribution in [0.1, 0.15) is 18.9 Å². The van der Waals surface area contributed by atoms with E-state index >= 15 is 0 Å². The maximum absolute atomic E-state index is 13.9. The Morgan fingerprint density at radius 2 is 1.38 bits per heavy atom. The fraction of sp³-hybridized carbons (Fsp3) is 0.600. The van der Waals surface area contributed by atoms with Gasteiger partial charge in [-0.15, -0.1) is 0 Å². The summed E-state index contributed by atoms with van der Waals surface area (Å²) >= 11 is 0. The minimum atomic E-state index is -6.94. The van der Waals surface area contributed by atoms with Crippen LogP contribution in [0.15, 0.2) is 24.3 Å². The van der Waals surface area contributed by atoms with Gasteiger partial charge in [0, 0.05) is 7.11 Å². The molecule has 0 fully saturated rings. The van der Waals surface area contributed by atoms with E-state index < -0.39 is 36.0 Å². The highest BCUT2D eigenvalue weighted by Gasteiger charge is 2.82. The minimum Gasteiger partial charge on any atom is -0.497 e. The highest BCUT2D eigenvalue weighted by Crippen LogP contribution is 2.56. The molecule has 150 valence electrons. The maximum Gasteiger partial charge on any atom is 0.460 e. The van der Waals surface area contributed by atoms with Crippen molar-refractivity contribution in [2.24, 2.45) is 0 Å². The normalized spacial score (nSPS) is 16.3. The topological polar surface area (TPSA) is 18.5 Å². The van der Waals surface area contributed by atoms with Gasteiger partial charge in [0.15, 0.2) is 0 Å². The third-order valence-electron chi connectivity index (χ3n) is 3.90. The lowest BCUT2D eigenvalue weighted by atomic mass is 9.85. The summed E-state index contributed by atoms with van der Waals surface area (Å²) in [6, 6.07) is 4.93. The Balaban J connectivity index is 3.34. The van der Waals surface area contributed by atoms with Gasteiger partial charge in [0.1, 0.15) is 5.75 Å². The molecule has 0 spiro atoms. The molecule has 0 aromatic heterocycles. The van der Waals surface area contributed by atoms with Gasteiger partial charge in [0.25, 0.3) is 0 Å². The fourth-order valence-electron chi connectivity index (χ4n) is 2.19. The van der Waals surface area contributed by atoms with Crippen molar-refractivity contribution >= 4 is 0 Å². The first-order valence-electron chi connectivity index (χ1n) is 6.95. The number of hydrogen-bond donors (Lipinski definition) is 0. The summed E-state index contributed by atoms with van der Waals surface area (Å²) in [5, 5.41) is 0. The van der Waals surface area contributed by atoms with Crippen LogP contribution in [0.2, 0.25) is 0 Å². The Hall–Kier alpha value is -1.65. The van der Waals surface area contributed by atoms with E-state index in [0.717, 1.165) is 26.2 Å². The second-order valence-electron chi connectivity index (χ2n) is 5.69. The van der Waals surface area contributed by atoms with E-state index in [2.05, 4.69) is 0 Å². The number of rotatable bonds is 7. The van der Waals surface area contributed by atoms with E-state index in [1.807, 2.05) is 0 Å². The van der Waals surface area contributed by atoms with Crippen molar-refractivity contribution in [1.82, 2.24) is 0 Å². The summed E-state index contributed by atoms with van der Waals surface area (Å²) < 4.78 is 127. The Kier molecular flexibility index (Phi) is 5.87. The molecule has 11 heteroatoms. The molecule has 1 aromatic rings. The highest BCUT2D eigenvalue weighted by atomic mass is 19.4. The van der Waals surface area contributed by atoms with Crippen LogP contribution in [0.3, 0.4) is 0 Å². The van der Waals surface area contributed by atoms with Gasteiger partial charge in [0.05, 0.1) is 19.1 Å². The van der Waals surface area contributed by atoms with Crippen molar-refractivity contribution in [2.45, 2.75) is 42.9 Å². The Morgan fingerprint density at radius 3 is 1.81 bits per heavy atom. The van der Waals surface area contributed by atoms with Crippen molar-refractivity contribution in [3.8, 4) is 5.75 Å². The molecule has 1 unspecified atom stereocenters. The van der Waals surface area contributed by atoms with E-state index in [-0.39, 0.29) is 11.3 Å². The lowest BCUT2D eigenvalue weighted by molar-refractivity contribution is -0.400. The molecule has 1 rings (SSSR count). The first kappa shape index (κ1) is 22.4. The Bertz CT molecular complexity index is 628. The average Bonchev–Trinajstić information content (AvgIpc) is 2.53. The molecular weight excluding hydrogens is 383 g/mol. The van der Waals surface area contributed by atoms with E-state index in [9.17, 15) is 39.5 Å². The van der Waals surface area contributed by atoms with Gasteiger partial charge in [-0.05, 0) is 24.6 Å². The van der Waals surface area contributed by atoms with Gasteiger partial charge in [-0.1, -0.05) is 12.1 Å². The van der Waals surface area contributed by atoms with Crippen LogP contribution in [0.25, 0.3) is 0 Å². The molecular formula is C15H15F9O2. The molecule has 0 N–H and O–H groups in total. The molecule has 1 atom stereocenters. The molecule has 0 radical (unpaired) electrons. The molecule has 0 aliphatic heterocycles. The predicted octanol–water partition coefficient (Wildman–Crippen LogP) is 5.42. The minimum absolute atomic E-state index is 0.112. The number of ether oxygens (including phenoxy) is 2. The number of methoxy groups -OCH3 is 2. The Labute approximate surface area is 142 Å². The third kappa shape index (κ3) is 3.72. The second kappa shape index (κ2) is 6.82. The van der Waals surface area contributed by atoms with E-state index in [1.54, 1.807) is 0 Å². The van der Waals surface area contributed by atoms with Crippen LogP contribution >= 0.6 is 0 Å². The first-order chi connectivity index (χ1) is 11.6. The SMILES string of the molecule is COc1cccc(C(C)(CC(F)(F)C(F)(F)C(F)(F)C(F)(F)F)OC)c1. The van der Waals surface area contributed by atoms with Gasteiger partial charge in [-0.3, -0.25) is 0 Å². The second-order valence-corrected chi connectivity index (χ2v) is 5.69. The van der Waals surface area contributed by atoms with Gasteiger partial charge < -0.3 is 9.47 Å². The molecule has 0 saturated carbocycles. The first-order valence-corrected chi connectivity index (χ1v) is 6.95. The molecule has 0 aliphatic rings. The van der Waals surface area contributed by atoms with Crippen LogP contribution in [-0.2, 0) is 10.3 Å². The monoisotopic (exact) mass is 398 g/mol. The van der Waals surface area contributed by atoms with Crippen LogP contribution in [-0.4, -0.2) is 38.2 Å². The van der Waals surface area contributed by atoms with Crippen LogP contribution in [0, 0.1) is 0 Å². The van der Waals surface area contributed by atoms with Crippen LogP contribution < -0.4 is 4.74 Å². The van der Waals surface area contributed by atoms with Crippen molar-refractivity contribution in [2.75, 3.05) is 14.2 Å². The summed E-state index contributed by atoms with van der Waals surface area (Å²) in [6.07, 6.45) is -9.00. The predicted molar refractivity (Wildman–Crippen MR) is 72.9 cm³/mol. The number of alkyl halides is 9. The summed E-state index contributed by atoms with van der Waals surface area (Å²) in [5.74, 6) is -19.3. The zero-order valence-electron chi connectivity index (χ0n) is 13.7. The number of halogens is 9. The molecule has 0 bridgehead atoms. The summed E-state index contributed by atoms with van der Waals surface area (Å²) in [7, 11) is 2.05. The number of benzene rings is 1. The highest BCUT2D eigenvalue weighted by molar-refractivity contribution is 5.32. The molecule has 26 heavy (non-hydrogen) atoms. The largest absolute Gasteiger partial charge is 0.497 e. The molecule has 2 nitrogen and oxygen atoms in total. The molecule has 0 aliphatic carbocycles. The smallest absolute Gasteiger partial charge is 0.460 e. The Morgan fingerprint density at radius 1 is 0.846 bits per heavy atom. The van der Waals surface area contributed by atoms with Gasteiger partial charge >= 0.3 is 23.9 Å². The van der Waals surface area contributed by atoms with E-state index in [4.69, 9.17) is 9.47 Å². The fourth-order valence-corrected chi connectivity index (χ4v) is 2.19. The standard InChI is InChI=1S/C15H15F9O2/c1-11(26-3,9-5-4-6-10(7-9)25-2)8-12(16,17)13(18,19)14(20,21)15(22,23)24/h4-7H,8H2,1-3H3. The van der Waals surface area contributed by atoms with E-state index in [0.29, 0.717) is 0 Å². The number of hydrogen-bond acceptors (Lipinski definition) is 2. The maximum atomic E-state index is 13.9. The van der Waals surface area contributed by atoms with Crippen molar-refractivity contribution < 1.29 is 49.0 Å². The van der Waals surface area contributed by atoms with Crippen molar-refractivity contribution in [3.05, 3.63) is 29.8 Å². The molecule has 1 aromatic carbocycles. The molecule has 0 heterocycles. The van der Waals surface area contributed by atoms with Gasteiger partial charge in [-0.25, -0.2) is 0 Å². The molecule has 0 amide bonds. The summed E-state index contributed by atoms with van der Waals surface area (Å²) in [6.45, 7) is 0.859. The van der Waals surface area contributed by atoms with Crippen LogP contribution in [0.5, 0.6) is 5.75 Å². The molecule has 0 saturated heterocycles. The van der Waals surface area contributed by atoms with Gasteiger partial charge in [0.2, 0.25) is 0 Å². The quantitative estimate of drug-likeness (QED) is 0.572. The van der Waals surface area contributed by atoms with Crippen molar-refractivity contribution in [1.29, 1.82) is 0 Å². The van der Waals surface area contributed by atoms with Crippen molar-refractivity contribution in [3.63, 3.8) is 0 Å². The summed E-state index contributed by atoms with van der Waals surface area (Å²) in [4.78, 5) is 0.